The van der Waals surface area contributed by atoms with E-state index in [1.54, 1.807) is 19.2 Å². The molecular formula is C17H24FN5O. The van der Waals surface area contributed by atoms with Gasteiger partial charge in [-0.3, -0.25) is 0 Å². The lowest BCUT2D eigenvalue weighted by atomic mass is 9.99. The maximum Gasteiger partial charge on any atom is 0.165 e. The molecule has 0 spiro atoms. The van der Waals surface area contributed by atoms with Gasteiger partial charge in [-0.15, -0.1) is 0 Å². The fourth-order valence-electron chi connectivity index (χ4n) is 2.45. The zero-order valence-electron chi connectivity index (χ0n) is 14.7. The fourth-order valence-corrected chi connectivity index (χ4v) is 2.45. The highest BCUT2D eigenvalue weighted by Crippen LogP contribution is 2.33. The fraction of sp³-hybridized carbons (Fsp3) is 0.412. The van der Waals surface area contributed by atoms with Crippen molar-refractivity contribution in [3.05, 3.63) is 41.5 Å². The van der Waals surface area contributed by atoms with E-state index in [2.05, 4.69) is 15.3 Å². The molecule has 1 atom stereocenters. The van der Waals surface area contributed by atoms with Gasteiger partial charge < -0.3 is 20.7 Å². The minimum Gasteiger partial charge on any atom is -0.488 e. The van der Waals surface area contributed by atoms with E-state index in [1.165, 1.54) is 12.4 Å². The summed E-state index contributed by atoms with van der Waals surface area (Å²) in [5.74, 6) is 1.08. The third-order valence-electron chi connectivity index (χ3n) is 3.51. The molecule has 0 saturated heterocycles. The Bertz CT molecular complexity index is 705. The van der Waals surface area contributed by atoms with Crippen LogP contribution >= 0.6 is 0 Å². The first-order valence-electron chi connectivity index (χ1n) is 7.76. The van der Waals surface area contributed by atoms with E-state index in [-0.39, 0.29) is 11.9 Å². The smallest absolute Gasteiger partial charge is 0.165 e. The molecule has 130 valence electrons. The SMILES string of the molecule is CNc1ncnc(N(C)C)c1C(N)c1ccc(OC(C)C)c(F)c1. The van der Waals surface area contributed by atoms with Crippen molar-refractivity contribution in [3.8, 4) is 5.75 Å². The number of anilines is 2. The summed E-state index contributed by atoms with van der Waals surface area (Å²) >= 11 is 0. The molecular weight excluding hydrogens is 309 g/mol. The summed E-state index contributed by atoms with van der Waals surface area (Å²) in [4.78, 5) is 10.4. The highest BCUT2D eigenvalue weighted by Gasteiger charge is 2.22. The van der Waals surface area contributed by atoms with Crippen LogP contribution in [0.3, 0.4) is 0 Å². The van der Waals surface area contributed by atoms with E-state index < -0.39 is 11.9 Å². The first-order chi connectivity index (χ1) is 11.3. The van der Waals surface area contributed by atoms with Gasteiger partial charge in [0.25, 0.3) is 0 Å². The molecule has 2 aromatic rings. The van der Waals surface area contributed by atoms with Crippen molar-refractivity contribution in [1.29, 1.82) is 0 Å². The van der Waals surface area contributed by atoms with Gasteiger partial charge in [0.1, 0.15) is 18.0 Å². The predicted octanol–water partition coefficient (Wildman–Crippen LogP) is 2.56. The molecule has 0 amide bonds. The Balaban J connectivity index is 2.45. The average molecular weight is 333 g/mol. The third kappa shape index (κ3) is 3.73. The molecule has 1 heterocycles. The highest BCUT2D eigenvalue weighted by molar-refractivity contribution is 5.61. The molecule has 6 nitrogen and oxygen atoms in total. The van der Waals surface area contributed by atoms with Crippen LogP contribution in [0.5, 0.6) is 5.75 Å². The number of hydrogen-bond donors (Lipinski definition) is 2. The van der Waals surface area contributed by atoms with Crippen molar-refractivity contribution >= 4 is 11.6 Å². The molecule has 3 N–H and O–H groups in total. The number of nitrogens with zero attached hydrogens (tertiary/aromatic N) is 3. The van der Waals surface area contributed by atoms with Crippen LogP contribution in [0.15, 0.2) is 24.5 Å². The predicted molar refractivity (Wildman–Crippen MR) is 94.1 cm³/mol. The Kier molecular flexibility index (Phi) is 5.56. The topological polar surface area (TPSA) is 76.3 Å². The summed E-state index contributed by atoms with van der Waals surface area (Å²) in [7, 11) is 5.51. The van der Waals surface area contributed by atoms with Gasteiger partial charge in [-0.25, -0.2) is 14.4 Å². The molecule has 0 aliphatic carbocycles. The molecule has 0 fully saturated rings. The highest BCUT2D eigenvalue weighted by atomic mass is 19.1. The molecule has 0 saturated carbocycles. The Hall–Kier alpha value is -2.41. The van der Waals surface area contributed by atoms with E-state index in [4.69, 9.17) is 10.5 Å². The molecule has 0 aliphatic rings. The van der Waals surface area contributed by atoms with Crippen molar-refractivity contribution in [2.75, 3.05) is 31.4 Å². The summed E-state index contributed by atoms with van der Waals surface area (Å²) in [6, 6.07) is 4.18. The summed E-state index contributed by atoms with van der Waals surface area (Å²) in [6.07, 6.45) is 1.37. The normalized spacial score (nSPS) is 12.2. The molecule has 2 rings (SSSR count). The number of nitrogens with one attached hydrogen (secondary N) is 1. The van der Waals surface area contributed by atoms with Gasteiger partial charge >= 0.3 is 0 Å². The number of hydrogen-bond acceptors (Lipinski definition) is 6. The molecule has 0 bridgehead atoms. The zero-order valence-corrected chi connectivity index (χ0v) is 14.7. The van der Waals surface area contributed by atoms with Crippen LogP contribution in [-0.4, -0.2) is 37.2 Å². The van der Waals surface area contributed by atoms with Crippen molar-refractivity contribution < 1.29 is 9.13 Å². The van der Waals surface area contributed by atoms with Crippen molar-refractivity contribution in [2.45, 2.75) is 26.0 Å². The Morgan fingerprint density at radius 2 is 1.96 bits per heavy atom. The number of nitrogens with two attached hydrogens (primary N) is 1. The van der Waals surface area contributed by atoms with E-state index >= 15 is 0 Å². The van der Waals surface area contributed by atoms with E-state index in [0.717, 1.165) is 0 Å². The van der Waals surface area contributed by atoms with Crippen LogP contribution in [0.4, 0.5) is 16.0 Å². The summed E-state index contributed by atoms with van der Waals surface area (Å²) < 4.78 is 19.7. The monoisotopic (exact) mass is 333 g/mol. The van der Waals surface area contributed by atoms with Crippen LogP contribution in [0, 0.1) is 5.82 Å². The maximum atomic E-state index is 14.3. The maximum absolute atomic E-state index is 14.3. The van der Waals surface area contributed by atoms with Crippen molar-refractivity contribution in [3.63, 3.8) is 0 Å². The second-order valence-corrected chi connectivity index (χ2v) is 5.94. The van der Waals surface area contributed by atoms with Gasteiger partial charge in [-0.2, -0.15) is 0 Å². The minimum atomic E-state index is -0.575. The van der Waals surface area contributed by atoms with E-state index in [9.17, 15) is 4.39 Å². The summed E-state index contributed by atoms with van der Waals surface area (Å²) in [6.45, 7) is 3.70. The van der Waals surface area contributed by atoms with Gasteiger partial charge in [-0.1, -0.05) is 6.07 Å². The van der Waals surface area contributed by atoms with Crippen molar-refractivity contribution in [1.82, 2.24) is 9.97 Å². The summed E-state index contributed by atoms with van der Waals surface area (Å²) in [5, 5.41) is 3.02. The minimum absolute atomic E-state index is 0.0993. The quantitative estimate of drug-likeness (QED) is 0.846. The van der Waals surface area contributed by atoms with Crippen LogP contribution in [-0.2, 0) is 0 Å². The molecule has 1 aromatic heterocycles. The van der Waals surface area contributed by atoms with Gasteiger partial charge in [0.15, 0.2) is 11.6 Å². The number of benzene rings is 1. The number of ether oxygens (including phenoxy) is 1. The van der Waals surface area contributed by atoms with Crippen LogP contribution in [0.2, 0.25) is 0 Å². The van der Waals surface area contributed by atoms with Crippen LogP contribution in [0.25, 0.3) is 0 Å². The largest absolute Gasteiger partial charge is 0.488 e. The van der Waals surface area contributed by atoms with Crippen LogP contribution < -0.4 is 20.7 Å². The zero-order chi connectivity index (χ0) is 17.9. The number of aromatic nitrogens is 2. The van der Waals surface area contributed by atoms with Gasteiger partial charge in [0.2, 0.25) is 0 Å². The molecule has 7 heteroatoms. The van der Waals surface area contributed by atoms with Gasteiger partial charge in [0, 0.05) is 21.1 Å². The number of halogens is 1. The average Bonchev–Trinajstić information content (AvgIpc) is 2.54. The molecule has 0 aliphatic heterocycles. The third-order valence-corrected chi connectivity index (χ3v) is 3.51. The Morgan fingerprint density at radius 1 is 1.25 bits per heavy atom. The Labute approximate surface area is 141 Å². The first kappa shape index (κ1) is 17.9. The van der Waals surface area contributed by atoms with Crippen molar-refractivity contribution in [2.24, 2.45) is 5.73 Å². The first-order valence-corrected chi connectivity index (χ1v) is 7.76. The molecule has 1 unspecified atom stereocenters. The molecule has 0 radical (unpaired) electrons. The van der Waals surface area contributed by atoms with Gasteiger partial charge in [-0.05, 0) is 31.5 Å². The second kappa shape index (κ2) is 7.44. The lowest BCUT2D eigenvalue weighted by Crippen LogP contribution is -2.22. The lowest BCUT2D eigenvalue weighted by Gasteiger charge is -2.23. The standard InChI is InChI=1S/C17H24FN5O/c1-10(2)24-13-7-6-11(8-12(13)18)15(19)14-16(20-3)21-9-22-17(14)23(4)5/h6-10,15H,19H2,1-5H3,(H,20,21,22). The molecule has 1 aromatic carbocycles. The van der Waals surface area contributed by atoms with Crippen LogP contribution in [0.1, 0.15) is 31.0 Å². The number of rotatable bonds is 6. The second-order valence-electron chi connectivity index (χ2n) is 5.94. The van der Waals surface area contributed by atoms with Gasteiger partial charge in [0.05, 0.1) is 17.7 Å². The van der Waals surface area contributed by atoms with E-state index in [1.807, 2.05) is 32.8 Å². The summed E-state index contributed by atoms with van der Waals surface area (Å²) in [5.41, 5.74) is 7.73. The lowest BCUT2D eigenvalue weighted by molar-refractivity contribution is 0.231. The molecule has 24 heavy (non-hydrogen) atoms. The van der Waals surface area contributed by atoms with E-state index in [0.29, 0.717) is 22.8 Å². The Morgan fingerprint density at radius 3 is 2.50 bits per heavy atom.